The van der Waals surface area contributed by atoms with Gasteiger partial charge in [-0.1, -0.05) is 28.9 Å². The van der Waals surface area contributed by atoms with Crippen molar-refractivity contribution in [3.63, 3.8) is 0 Å². The van der Waals surface area contributed by atoms with Gasteiger partial charge in [-0.15, -0.1) is 0 Å². The van der Waals surface area contributed by atoms with Gasteiger partial charge < -0.3 is 0 Å². The molecule has 0 spiro atoms. The molecule has 1 atom stereocenters. The van der Waals surface area contributed by atoms with Gasteiger partial charge in [-0.25, -0.2) is 0 Å². The molecule has 0 bridgehead atoms. The maximum absolute atomic E-state index is 4.10. The van der Waals surface area contributed by atoms with E-state index in [2.05, 4.69) is 48.0 Å². The van der Waals surface area contributed by atoms with E-state index in [0.29, 0.717) is 5.92 Å². The number of halogens is 1. The summed E-state index contributed by atoms with van der Waals surface area (Å²) in [5, 5.41) is 0. The minimum absolute atomic E-state index is 0.396. The van der Waals surface area contributed by atoms with Gasteiger partial charge in [0.15, 0.2) is 0 Å². The summed E-state index contributed by atoms with van der Waals surface area (Å²) in [4.78, 5) is 0. The van der Waals surface area contributed by atoms with Gasteiger partial charge in [-0.2, -0.15) is 0 Å². The first-order valence-corrected chi connectivity index (χ1v) is 5.60. The minimum Gasteiger partial charge on any atom is -0.0584 e. The summed E-state index contributed by atoms with van der Waals surface area (Å²) >= 11 is 3.51. The molecule has 0 N–H and O–H groups in total. The molecule has 1 unspecified atom stereocenters. The molecule has 13 heavy (non-hydrogen) atoms. The smallest absolute Gasteiger partial charge is 0.0178 e. The standard InChI is InChI=1S/C12H14Br/c1-8(2)12-7-10(13)5-6-11(12)9-3-4-9/h5-9H,1,3-4H2,2H3. The zero-order valence-corrected chi connectivity index (χ0v) is 9.47. The molecule has 0 amide bonds. The molecule has 0 saturated heterocycles. The highest BCUT2D eigenvalue weighted by Crippen LogP contribution is 2.43. The molecule has 1 heteroatoms. The fraction of sp³-hybridized carbons (Fsp3) is 0.417. The molecule has 1 aromatic carbocycles. The van der Waals surface area contributed by atoms with E-state index in [-0.39, 0.29) is 0 Å². The lowest BCUT2D eigenvalue weighted by Gasteiger charge is -2.12. The minimum atomic E-state index is 0.396. The Balaban J connectivity index is 2.41. The molecule has 1 aromatic rings. The molecule has 0 aliphatic heterocycles. The van der Waals surface area contributed by atoms with Crippen molar-refractivity contribution in [3.05, 3.63) is 40.7 Å². The first kappa shape index (κ1) is 9.26. The summed E-state index contributed by atoms with van der Waals surface area (Å²) in [6.07, 6.45) is 2.72. The first-order chi connectivity index (χ1) is 6.18. The molecule has 0 aromatic heterocycles. The maximum atomic E-state index is 4.10. The Hall–Kier alpha value is -0.300. The second-order valence-electron chi connectivity index (χ2n) is 3.95. The van der Waals surface area contributed by atoms with Crippen LogP contribution < -0.4 is 0 Å². The van der Waals surface area contributed by atoms with Crippen LogP contribution in [-0.4, -0.2) is 0 Å². The van der Waals surface area contributed by atoms with Crippen molar-refractivity contribution in [2.75, 3.05) is 0 Å². The van der Waals surface area contributed by atoms with Gasteiger partial charge in [0.25, 0.3) is 0 Å². The molecule has 1 radical (unpaired) electrons. The predicted molar refractivity (Wildman–Crippen MR) is 59.9 cm³/mol. The van der Waals surface area contributed by atoms with E-state index in [1.54, 1.807) is 0 Å². The quantitative estimate of drug-likeness (QED) is 0.721. The van der Waals surface area contributed by atoms with Gasteiger partial charge in [0.1, 0.15) is 0 Å². The second kappa shape index (κ2) is 3.45. The Morgan fingerprint density at radius 1 is 1.46 bits per heavy atom. The van der Waals surface area contributed by atoms with Crippen LogP contribution in [0.25, 0.3) is 0 Å². The fourth-order valence-corrected chi connectivity index (χ4v) is 2.12. The zero-order chi connectivity index (χ0) is 9.42. The van der Waals surface area contributed by atoms with Crippen molar-refractivity contribution in [2.24, 2.45) is 0 Å². The Morgan fingerprint density at radius 2 is 2.15 bits per heavy atom. The molecule has 69 valence electrons. The number of benzene rings is 1. The average Bonchev–Trinajstić information content (AvgIpc) is 2.87. The highest BCUT2D eigenvalue weighted by atomic mass is 79.9. The third kappa shape index (κ3) is 1.96. The Labute approximate surface area is 88.5 Å². The molecule has 0 nitrogen and oxygen atoms in total. The van der Waals surface area contributed by atoms with Crippen LogP contribution in [0.2, 0.25) is 0 Å². The van der Waals surface area contributed by atoms with Crippen LogP contribution in [0, 0.1) is 6.92 Å². The highest BCUT2D eigenvalue weighted by Gasteiger charge is 2.26. The van der Waals surface area contributed by atoms with Gasteiger partial charge in [0.05, 0.1) is 0 Å². The predicted octanol–water partition coefficient (Wildman–Crippen LogP) is 4.26. The van der Waals surface area contributed by atoms with Crippen LogP contribution >= 0.6 is 15.9 Å². The second-order valence-corrected chi connectivity index (χ2v) is 4.86. The largest absolute Gasteiger partial charge is 0.0584 e. The Kier molecular flexibility index (Phi) is 2.46. The summed E-state index contributed by atoms with van der Waals surface area (Å²) in [7, 11) is 0. The third-order valence-electron chi connectivity index (χ3n) is 2.60. The van der Waals surface area contributed by atoms with Gasteiger partial charge >= 0.3 is 0 Å². The van der Waals surface area contributed by atoms with E-state index in [0.717, 1.165) is 5.92 Å². The molecule has 0 heterocycles. The van der Waals surface area contributed by atoms with Crippen LogP contribution in [0.5, 0.6) is 0 Å². The van der Waals surface area contributed by atoms with Crippen molar-refractivity contribution in [1.82, 2.24) is 0 Å². The Bertz CT molecular complexity index is 311. The molecule has 1 fully saturated rings. The lowest BCUT2D eigenvalue weighted by atomic mass is 9.95. The van der Waals surface area contributed by atoms with E-state index >= 15 is 0 Å². The molecule has 1 aliphatic carbocycles. The maximum Gasteiger partial charge on any atom is 0.0178 e. The van der Waals surface area contributed by atoms with Crippen LogP contribution in [0.15, 0.2) is 22.7 Å². The van der Waals surface area contributed by atoms with Crippen LogP contribution in [0.1, 0.15) is 42.7 Å². The monoisotopic (exact) mass is 237 g/mol. The highest BCUT2D eigenvalue weighted by molar-refractivity contribution is 9.10. The first-order valence-electron chi connectivity index (χ1n) is 4.81. The molecular formula is C12H14Br. The lowest BCUT2D eigenvalue weighted by Crippen LogP contribution is -1.94. The molecular weight excluding hydrogens is 224 g/mol. The summed E-state index contributed by atoms with van der Waals surface area (Å²) in [6.45, 7) is 6.26. The van der Waals surface area contributed by atoms with Crippen molar-refractivity contribution in [2.45, 2.75) is 31.6 Å². The van der Waals surface area contributed by atoms with E-state index < -0.39 is 0 Å². The normalized spacial score (nSPS) is 16.6. The summed E-state index contributed by atoms with van der Waals surface area (Å²) in [5.74, 6) is 1.22. The summed E-state index contributed by atoms with van der Waals surface area (Å²) in [6, 6.07) is 6.60. The van der Waals surface area contributed by atoms with E-state index in [1.807, 2.05) is 0 Å². The van der Waals surface area contributed by atoms with Crippen LogP contribution in [0.3, 0.4) is 0 Å². The number of hydrogen-bond acceptors (Lipinski definition) is 0. The number of hydrogen-bond donors (Lipinski definition) is 0. The average molecular weight is 238 g/mol. The zero-order valence-electron chi connectivity index (χ0n) is 7.89. The molecule has 1 saturated carbocycles. The van der Waals surface area contributed by atoms with Gasteiger partial charge in [-0.05, 0) is 54.9 Å². The molecule has 1 aliphatic rings. The fourth-order valence-electron chi connectivity index (χ4n) is 1.74. The topological polar surface area (TPSA) is 0 Å². The number of rotatable bonds is 2. The van der Waals surface area contributed by atoms with Crippen molar-refractivity contribution >= 4 is 15.9 Å². The SMILES string of the molecule is [CH2]C(C)c1cc(Br)ccc1C1CC1. The van der Waals surface area contributed by atoms with E-state index in [9.17, 15) is 0 Å². The lowest BCUT2D eigenvalue weighted by molar-refractivity contribution is 0.920. The van der Waals surface area contributed by atoms with Gasteiger partial charge in [0.2, 0.25) is 0 Å². The van der Waals surface area contributed by atoms with Gasteiger partial charge in [0, 0.05) is 4.47 Å². The van der Waals surface area contributed by atoms with E-state index in [1.165, 1.54) is 28.4 Å². The van der Waals surface area contributed by atoms with Crippen molar-refractivity contribution in [3.8, 4) is 0 Å². The van der Waals surface area contributed by atoms with Gasteiger partial charge in [-0.3, -0.25) is 0 Å². The Morgan fingerprint density at radius 3 is 2.69 bits per heavy atom. The van der Waals surface area contributed by atoms with E-state index in [4.69, 9.17) is 0 Å². The van der Waals surface area contributed by atoms with Crippen LogP contribution in [-0.2, 0) is 0 Å². The van der Waals surface area contributed by atoms with Crippen molar-refractivity contribution < 1.29 is 0 Å². The summed E-state index contributed by atoms with van der Waals surface area (Å²) in [5.41, 5.74) is 2.93. The third-order valence-corrected chi connectivity index (χ3v) is 3.09. The molecule has 2 rings (SSSR count). The summed E-state index contributed by atoms with van der Waals surface area (Å²) < 4.78 is 1.17. The van der Waals surface area contributed by atoms with Crippen LogP contribution in [0.4, 0.5) is 0 Å². The van der Waals surface area contributed by atoms with Crippen molar-refractivity contribution in [1.29, 1.82) is 0 Å².